The van der Waals surface area contributed by atoms with E-state index in [-0.39, 0.29) is 31.4 Å². The molecule has 0 unspecified atom stereocenters. The number of ether oxygens (including phenoxy) is 1. The number of para-hydroxylation sites is 1. The predicted molar refractivity (Wildman–Crippen MR) is 97.1 cm³/mol. The highest BCUT2D eigenvalue weighted by atomic mass is 79.9. The molecule has 5 nitrogen and oxygen atoms in total. The predicted octanol–water partition coefficient (Wildman–Crippen LogP) is 3.28. The monoisotopic (exact) mass is 390 g/mol. The van der Waals surface area contributed by atoms with Crippen LogP contribution in [-0.2, 0) is 9.59 Å². The molecule has 0 radical (unpaired) electrons. The molecule has 24 heavy (non-hydrogen) atoms. The van der Waals surface area contributed by atoms with E-state index in [0.29, 0.717) is 11.4 Å². The second kappa shape index (κ2) is 9.08. The van der Waals surface area contributed by atoms with E-state index in [2.05, 4.69) is 26.6 Å². The molecule has 2 amide bonds. The summed E-state index contributed by atoms with van der Waals surface area (Å²) in [7, 11) is 0. The Kier molecular flexibility index (Phi) is 6.81. The summed E-state index contributed by atoms with van der Waals surface area (Å²) in [4.78, 5) is 23.5. The minimum Gasteiger partial charge on any atom is -0.493 e. The van der Waals surface area contributed by atoms with Crippen molar-refractivity contribution in [1.29, 1.82) is 0 Å². The van der Waals surface area contributed by atoms with E-state index in [1.54, 1.807) is 0 Å². The van der Waals surface area contributed by atoms with Gasteiger partial charge in [-0.15, -0.1) is 0 Å². The van der Waals surface area contributed by atoms with Gasteiger partial charge in [0, 0.05) is 10.2 Å². The molecule has 2 aromatic carbocycles. The number of rotatable bonds is 7. The minimum absolute atomic E-state index is 0.0737. The van der Waals surface area contributed by atoms with Gasteiger partial charge in [0.15, 0.2) is 0 Å². The summed E-state index contributed by atoms with van der Waals surface area (Å²) in [6, 6.07) is 14.8. The van der Waals surface area contributed by atoms with E-state index in [4.69, 9.17) is 4.74 Å². The van der Waals surface area contributed by atoms with Gasteiger partial charge in [-0.3, -0.25) is 9.59 Å². The molecule has 2 rings (SSSR count). The Hall–Kier alpha value is -2.34. The molecule has 126 valence electrons. The van der Waals surface area contributed by atoms with Gasteiger partial charge in [0.2, 0.25) is 11.8 Å². The highest BCUT2D eigenvalue weighted by molar-refractivity contribution is 9.10. The molecular weight excluding hydrogens is 372 g/mol. The summed E-state index contributed by atoms with van der Waals surface area (Å²) in [6.07, 6.45) is 0.193. The van der Waals surface area contributed by atoms with Gasteiger partial charge in [0.1, 0.15) is 5.75 Å². The van der Waals surface area contributed by atoms with Crippen molar-refractivity contribution in [3.63, 3.8) is 0 Å². The summed E-state index contributed by atoms with van der Waals surface area (Å²) in [5, 5.41) is 5.30. The summed E-state index contributed by atoms with van der Waals surface area (Å²) >= 11 is 3.41. The van der Waals surface area contributed by atoms with Gasteiger partial charge in [-0.1, -0.05) is 40.2 Å². The molecule has 0 saturated heterocycles. The molecular formula is C18H19BrN2O3. The van der Waals surface area contributed by atoms with E-state index in [1.165, 1.54) is 0 Å². The van der Waals surface area contributed by atoms with Crippen LogP contribution in [0.5, 0.6) is 5.75 Å². The number of carbonyl (C=O) groups excluding carboxylic acids is 2. The molecule has 0 heterocycles. The molecule has 2 aromatic rings. The van der Waals surface area contributed by atoms with Crippen LogP contribution in [0.3, 0.4) is 0 Å². The van der Waals surface area contributed by atoms with Crippen LogP contribution in [0.15, 0.2) is 53.0 Å². The number of anilines is 1. The zero-order valence-electron chi connectivity index (χ0n) is 13.3. The molecule has 0 atom stereocenters. The largest absolute Gasteiger partial charge is 0.493 e. The number of hydrogen-bond donors (Lipinski definition) is 2. The van der Waals surface area contributed by atoms with Crippen LogP contribution in [0.25, 0.3) is 0 Å². The van der Waals surface area contributed by atoms with Crippen molar-refractivity contribution in [3.05, 3.63) is 58.6 Å². The van der Waals surface area contributed by atoms with Gasteiger partial charge in [0.05, 0.1) is 19.6 Å². The van der Waals surface area contributed by atoms with Crippen molar-refractivity contribution in [1.82, 2.24) is 5.32 Å². The van der Waals surface area contributed by atoms with E-state index < -0.39 is 0 Å². The summed E-state index contributed by atoms with van der Waals surface area (Å²) in [5.41, 5.74) is 1.76. The lowest BCUT2D eigenvalue weighted by molar-refractivity contribution is -0.124. The Labute approximate surface area is 149 Å². The van der Waals surface area contributed by atoms with E-state index >= 15 is 0 Å². The third-order valence-corrected chi connectivity index (χ3v) is 4.10. The molecule has 0 aromatic heterocycles. The molecule has 0 aliphatic rings. The van der Waals surface area contributed by atoms with Gasteiger partial charge in [0.25, 0.3) is 0 Å². The molecule has 2 N–H and O–H groups in total. The second-order valence-electron chi connectivity index (χ2n) is 5.20. The number of aryl methyl sites for hydroxylation is 1. The number of benzene rings is 2. The normalized spacial score (nSPS) is 10.1. The van der Waals surface area contributed by atoms with Gasteiger partial charge < -0.3 is 15.4 Å². The van der Waals surface area contributed by atoms with Crippen molar-refractivity contribution in [2.24, 2.45) is 0 Å². The highest BCUT2D eigenvalue weighted by Crippen LogP contribution is 2.20. The topological polar surface area (TPSA) is 67.4 Å². The van der Waals surface area contributed by atoms with Gasteiger partial charge in [-0.05, 0) is 36.8 Å². The first-order valence-corrected chi connectivity index (χ1v) is 8.34. The number of amides is 2. The fraction of sp³-hybridized carbons (Fsp3) is 0.222. The van der Waals surface area contributed by atoms with Crippen molar-refractivity contribution in [2.45, 2.75) is 13.3 Å². The van der Waals surface area contributed by atoms with Crippen molar-refractivity contribution < 1.29 is 14.3 Å². The zero-order chi connectivity index (χ0) is 17.4. The molecule has 0 aliphatic heterocycles. The molecule has 0 aliphatic carbocycles. The first kappa shape index (κ1) is 18.0. The average molecular weight is 391 g/mol. The van der Waals surface area contributed by atoms with Crippen molar-refractivity contribution in [2.75, 3.05) is 18.5 Å². The fourth-order valence-electron chi connectivity index (χ4n) is 1.92. The van der Waals surface area contributed by atoms with E-state index in [1.807, 2.05) is 55.5 Å². The average Bonchev–Trinajstić information content (AvgIpc) is 2.57. The Morgan fingerprint density at radius 2 is 1.83 bits per heavy atom. The molecule has 0 saturated carbocycles. The highest BCUT2D eigenvalue weighted by Gasteiger charge is 2.07. The van der Waals surface area contributed by atoms with Crippen LogP contribution < -0.4 is 15.4 Å². The van der Waals surface area contributed by atoms with Gasteiger partial charge in [-0.2, -0.15) is 0 Å². The Morgan fingerprint density at radius 3 is 2.54 bits per heavy atom. The molecule has 0 bridgehead atoms. The summed E-state index contributed by atoms with van der Waals surface area (Å²) in [6.45, 7) is 2.16. The number of halogens is 1. The van der Waals surface area contributed by atoms with Crippen LogP contribution in [-0.4, -0.2) is 25.0 Å². The van der Waals surface area contributed by atoms with Crippen LogP contribution in [0.2, 0.25) is 0 Å². The molecule has 6 heteroatoms. The van der Waals surface area contributed by atoms with E-state index in [9.17, 15) is 9.59 Å². The van der Waals surface area contributed by atoms with Crippen molar-refractivity contribution in [3.8, 4) is 5.75 Å². The maximum Gasteiger partial charge on any atom is 0.243 e. The van der Waals surface area contributed by atoms with Crippen LogP contribution in [0.1, 0.15) is 12.0 Å². The SMILES string of the molecule is Cc1ccc(NC(=O)CNC(=O)CCOc2ccccc2)cc1Br. The number of nitrogens with one attached hydrogen (secondary N) is 2. The number of hydrogen-bond acceptors (Lipinski definition) is 3. The van der Waals surface area contributed by atoms with Crippen molar-refractivity contribution >= 4 is 33.4 Å². The minimum atomic E-state index is -0.275. The standard InChI is InChI=1S/C18H19BrN2O3/c1-13-7-8-14(11-16(13)19)21-18(23)12-20-17(22)9-10-24-15-5-3-2-4-6-15/h2-8,11H,9-10,12H2,1H3,(H,20,22)(H,21,23). The zero-order valence-corrected chi connectivity index (χ0v) is 14.9. The van der Waals surface area contributed by atoms with Gasteiger partial charge >= 0.3 is 0 Å². The Balaban J connectivity index is 1.67. The van der Waals surface area contributed by atoms with Crippen LogP contribution >= 0.6 is 15.9 Å². The maximum absolute atomic E-state index is 11.8. The third kappa shape index (κ3) is 6.04. The lowest BCUT2D eigenvalue weighted by Crippen LogP contribution is -2.33. The number of carbonyl (C=O) groups is 2. The van der Waals surface area contributed by atoms with E-state index in [0.717, 1.165) is 10.0 Å². The summed E-state index contributed by atoms with van der Waals surface area (Å²) in [5.74, 6) is 0.210. The second-order valence-corrected chi connectivity index (χ2v) is 6.05. The first-order chi connectivity index (χ1) is 11.5. The third-order valence-electron chi connectivity index (χ3n) is 3.24. The Morgan fingerprint density at radius 1 is 1.08 bits per heavy atom. The van der Waals surface area contributed by atoms with Gasteiger partial charge in [-0.25, -0.2) is 0 Å². The Bertz CT molecular complexity index is 705. The lowest BCUT2D eigenvalue weighted by atomic mass is 10.2. The van der Waals surface area contributed by atoms with Crippen LogP contribution in [0.4, 0.5) is 5.69 Å². The molecule has 0 fully saturated rings. The smallest absolute Gasteiger partial charge is 0.243 e. The van der Waals surface area contributed by atoms with Crippen LogP contribution in [0, 0.1) is 6.92 Å². The first-order valence-electron chi connectivity index (χ1n) is 7.55. The summed E-state index contributed by atoms with van der Waals surface area (Å²) < 4.78 is 6.36. The quantitative estimate of drug-likeness (QED) is 0.761. The molecule has 0 spiro atoms. The lowest BCUT2D eigenvalue weighted by Gasteiger charge is -2.09. The fourth-order valence-corrected chi connectivity index (χ4v) is 2.30. The maximum atomic E-state index is 11.8.